The molecule has 0 radical (unpaired) electrons. The third kappa shape index (κ3) is 7.21. The van der Waals surface area contributed by atoms with Crippen LogP contribution in [0.3, 0.4) is 0 Å². The summed E-state index contributed by atoms with van der Waals surface area (Å²) < 4.78 is 17.2. The molecule has 2 N–H and O–H groups in total. The first-order valence-corrected chi connectivity index (χ1v) is 12.0. The number of hydrogen-bond donors (Lipinski definition) is 2. The molecule has 2 amide bonds. The Bertz CT molecular complexity index is 1190. The van der Waals surface area contributed by atoms with Crippen molar-refractivity contribution in [2.45, 2.75) is 51.7 Å². The van der Waals surface area contributed by atoms with Crippen molar-refractivity contribution in [3.63, 3.8) is 0 Å². The summed E-state index contributed by atoms with van der Waals surface area (Å²) in [6.45, 7) is 5.51. The van der Waals surface area contributed by atoms with Crippen molar-refractivity contribution in [2.75, 3.05) is 11.9 Å². The number of alkyl carbamates (subject to hydrolysis) is 1. The topological polar surface area (TPSA) is 98.8 Å². The maximum absolute atomic E-state index is 12.1. The molecule has 1 atom stereocenters. The molecule has 2 heterocycles. The standard InChI is InChI=1S/C28H31N3O5/c1-28(2,3)36-27(33)29-16-15-25(32)31-21-10-14-26(30-18-21)34-22-11-13-24-20(17-22)9-12-23(35-24)19-7-5-4-6-8-19/h4-8,10-11,13-14,17-18,23H,9,12,15-16H2,1-3H3,(H,29,33)(H,31,32). The molecule has 36 heavy (non-hydrogen) atoms. The molecular weight excluding hydrogens is 458 g/mol. The SMILES string of the molecule is CC(C)(C)OC(=O)NCCC(=O)Nc1ccc(Oc2ccc3c(c2)CCC(c2ccccc2)O3)nc1. The van der Waals surface area contributed by atoms with E-state index < -0.39 is 11.7 Å². The minimum absolute atomic E-state index is 0.0583. The molecule has 3 aromatic rings. The average molecular weight is 490 g/mol. The summed E-state index contributed by atoms with van der Waals surface area (Å²) in [6, 6.07) is 19.4. The van der Waals surface area contributed by atoms with Crippen molar-refractivity contribution in [3.8, 4) is 17.4 Å². The lowest BCUT2D eigenvalue weighted by Gasteiger charge is -2.26. The second-order valence-corrected chi connectivity index (χ2v) is 9.54. The lowest BCUT2D eigenvalue weighted by Crippen LogP contribution is -2.34. The van der Waals surface area contributed by atoms with Crippen LogP contribution >= 0.6 is 0 Å². The molecule has 8 nitrogen and oxygen atoms in total. The lowest BCUT2D eigenvalue weighted by atomic mass is 9.97. The maximum Gasteiger partial charge on any atom is 0.407 e. The first-order valence-electron chi connectivity index (χ1n) is 12.0. The van der Waals surface area contributed by atoms with Crippen LogP contribution in [0.1, 0.15) is 50.8 Å². The van der Waals surface area contributed by atoms with Gasteiger partial charge in [0.25, 0.3) is 0 Å². The number of pyridine rings is 1. The number of nitrogens with zero attached hydrogens (tertiary/aromatic N) is 1. The van der Waals surface area contributed by atoms with Gasteiger partial charge in [-0.15, -0.1) is 0 Å². The van der Waals surface area contributed by atoms with Crippen LogP contribution in [0.5, 0.6) is 17.4 Å². The molecular formula is C28H31N3O5. The van der Waals surface area contributed by atoms with Crippen molar-refractivity contribution in [2.24, 2.45) is 0 Å². The van der Waals surface area contributed by atoms with Crippen molar-refractivity contribution in [1.82, 2.24) is 10.3 Å². The fourth-order valence-corrected chi connectivity index (χ4v) is 3.78. The molecule has 1 aliphatic heterocycles. The lowest BCUT2D eigenvalue weighted by molar-refractivity contribution is -0.116. The number of fused-ring (bicyclic) bond motifs is 1. The molecule has 2 aromatic carbocycles. The number of ether oxygens (including phenoxy) is 3. The Morgan fingerprint density at radius 1 is 1.08 bits per heavy atom. The second-order valence-electron chi connectivity index (χ2n) is 9.54. The number of nitrogens with one attached hydrogen (secondary N) is 2. The van der Waals surface area contributed by atoms with E-state index in [-0.39, 0.29) is 25.0 Å². The normalized spacial score (nSPS) is 14.7. The van der Waals surface area contributed by atoms with E-state index in [1.807, 2.05) is 36.4 Å². The Morgan fingerprint density at radius 2 is 1.89 bits per heavy atom. The minimum Gasteiger partial charge on any atom is -0.485 e. The van der Waals surface area contributed by atoms with Crippen LogP contribution in [0.4, 0.5) is 10.5 Å². The third-order valence-electron chi connectivity index (χ3n) is 5.41. The number of hydrogen-bond acceptors (Lipinski definition) is 6. The van der Waals surface area contributed by atoms with Crippen LogP contribution in [0.2, 0.25) is 0 Å². The zero-order chi connectivity index (χ0) is 25.5. The predicted octanol–water partition coefficient (Wildman–Crippen LogP) is 5.79. The fourth-order valence-electron chi connectivity index (χ4n) is 3.78. The molecule has 0 aliphatic carbocycles. The summed E-state index contributed by atoms with van der Waals surface area (Å²) in [7, 11) is 0. The Balaban J connectivity index is 1.26. The first kappa shape index (κ1) is 25.0. The molecule has 0 bridgehead atoms. The molecule has 188 valence electrons. The van der Waals surface area contributed by atoms with Gasteiger partial charge in [0, 0.05) is 19.0 Å². The van der Waals surface area contributed by atoms with Crippen LogP contribution in [0.15, 0.2) is 66.9 Å². The van der Waals surface area contributed by atoms with Gasteiger partial charge in [0.1, 0.15) is 23.2 Å². The monoisotopic (exact) mass is 489 g/mol. The summed E-state index contributed by atoms with van der Waals surface area (Å²) >= 11 is 0. The van der Waals surface area contributed by atoms with Crippen molar-refractivity contribution < 1.29 is 23.8 Å². The van der Waals surface area contributed by atoms with E-state index in [0.717, 1.165) is 24.2 Å². The third-order valence-corrected chi connectivity index (χ3v) is 5.41. The highest BCUT2D eigenvalue weighted by molar-refractivity contribution is 5.90. The zero-order valence-corrected chi connectivity index (χ0v) is 20.7. The highest BCUT2D eigenvalue weighted by atomic mass is 16.6. The molecule has 0 saturated carbocycles. The van der Waals surface area contributed by atoms with E-state index in [0.29, 0.717) is 17.3 Å². The summed E-state index contributed by atoms with van der Waals surface area (Å²) in [5.41, 5.74) is 2.23. The summed E-state index contributed by atoms with van der Waals surface area (Å²) in [6.07, 6.45) is 2.94. The van der Waals surface area contributed by atoms with Crippen molar-refractivity contribution in [1.29, 1.82) is 0 Å². The quantitative estimate of drug-likeness (QED) is 0.436. The summed E-state index contributed by atoms with van der Waals surface area (Å²) in [5, 5.41) is 5.31. The highest BCUT2D eigenvalue weighted by Crippen LogP contribution is 2.37. The maximum atomic E-state index is 12.1. The molecule has 1 unspecified atom stereocenters. The number of aromatic nitrogens is 1. The second kappa shape index (κ2) is 11.1. The van der Waals surface area contributed by atoms with E-state index in [4.69, 9.17) is 14.2 Å². The van der Waals surface area contributed by atoms with E-state index in [1.54, 1.807) is 32.9 Å². The van der Waals surface area contributed by atoms with Crippen LogP contribution in [-0.4, -0.2) is 29.1 Å². The van der Waals surface area contributed by atoms with E-state index in [9.17, 15) is 9.59 Å². The van der Waals surface area contributed by atoms with Crippen LogP contribution in [0.25, 0.3) is 0 Å². The van der Waals surface area contributed by atoms with Gasteiger partial charge in [-0.1, -0.05) is 30.3 Å². The predicted molar refractivity (Wildman–Crippen MR) is 136 cm³/mol. The molecule has 0 spiro atoms. The number of anilines is 1. The number of aryl methyl sites for hydroxylation is 1. The molecule has 1 aromatic heterocycles. The van der Waals surface area contributed by atoms with Gasteiger partial charge in [0.05, 0.1) is 11.9 Å². The number of amides is 2. The number of benzene rings is 2. The van der Waals surface area contributed by atoms with Crippen molar-refractivity contribution >= 4 is 17.7 Å². The Morgan fingerprint density at radius 3 is 2.61 bits per heavy atom. The summed E-state index contributed by atoms with van der Waals surface area (Å²) in [4.78, 5) is 28.1. The number of carbonyl (C=O) groups is 2. The van der Waals surface area contributed by atoms with Crippen LogP contribution in [0, 0.1) is 0 Å². The molecule has 1 aliphatic rings. The first-order chi connectivity index (χ1) is 17.2. The minimum atomic E-state index is -0.583. The van der Waals surface area contributed by atoms with Gasteiger partial charge in [-0.2, -0.15) is 0 Å². The van der Waals surface area contributed by atoms with Gasteiger partial charge in [-0.3, -0.25) is 4.79 Å². The Hall–Kier alpha value is -4.07. The largest absolute Gasteiger partial charge is 0.485 e. The van der Waals surface area contributed by atoms with E-state index >= 15 is 0 Å². The zero-order valence-electron chi connectivity index (χ0n) is 20.7. The average Bonchev–Trinajstić information content (AvgIpc) is 2.84. The van der Waals surface area contributed by atoms with Gasteiger partial charge in [0.2, 0.25) is 11.8 Å². The Labute approximate surface area is 211 Å². The van der Waals surface area contributed by atoms with Gasteiger partial charge in [-0.05, 0) is 69.0 Å². The van der Waals surface area contributed by atoms with Gasteiger partial charge >= 0.3 is 6.09 Å². The molecule has 4 rings (SSSR count). The molecule has 0 fully saturated rings. The number of rotatable bonds is 7. The van der Waals surface area contributed by atoms with E-state index in [1.165, 1.54) is 11.8 Å². The van der Waals surface area contributed by atoms with Crippen LogP contribution < -0.4 is 20.1 Å². The Kier molecular flexibility index (Phi) is 7.73. The van der Waals surface area contributed by atoms with E-state index in [2.05, 4.69) is 27.8 Å². The highest BCUT2D eigenvalue weighted by Gasteiger charge is 2.22. The van der Waals surface area contributed by atoms with Gasteiger partial charge < -0.3 is 24.8 Å². The molecule has 8 heteroatoms. The van der Waals surface area contributed by atoms with Gasteiger partial charge in [0.15, 0.2) is 0 Å². The van der Waals surface area contributed by atoms with Crippen molar-refractivity contribution in [3.05, 3.63) is 78.0 Å². The van der Waals surface area contributed by atoms with Crippen LogP contribution in [-0.2, 0) is 16.0 Å². The summed E-state index contributed by atoms with van der Waals surface area (Å²) in [5.74, 6) is 1.71. The van der Waals surface area contributed by atoms with Gasteiger partial charge in [-0.25, -0.2) is 9.78 Å². The fraction of sp³-hybridized carbons (Fsp3) is 0.321. The number of carbonyl (C=O) groups excluding carboxylic acids is 2. The smallest absolute Gasteiger partial charge is 0.407 e. The molecule has 0 saturated heterocycles.